The summed E-state index contributed by atoms with van der Waals surface area (Å²) in [6.45, 7) is 8.22. The summed E-state index contributed by atoms with van der Waals surface area (Å²) in [4.78, 5) is 36.0. The third-order valence-corrected chi connectivity index (χ3v) is 8.36. The van der Waals surface area contributed by atoms with Gasteiger partial charge in [-0.2, -0.15) is 0 Å². The van der Waals surface area contributed by atoms with E-state index in [1.807, 2.05) is 42.5 Å². The smallest absolute Gasteiger partial charge is 0.293 e. The van der Waals surface area contributed by atoms with Gasteiger partial charge in [0.05, 0.1) is 11.7 Å². The highest BCUT2D eigenvalue weighted by Gasteiger charge is 2.68. The zero-order valence-electron chi connectivity index (χ0n) is 22.5. The molecular formula is C29H41NO7. The second kappa shape index (κ2) is 12.3. The minimum Gasteiger partial charge on any atom is -0.463 e. The lowest BCUT2D eigenvalue weighted by atomic mass is 9.64. The van der Waals surface area contributed by atoms with Crippen LogP contribution < -0.4 is 5.32 Å². The van der Waals surface area contributed by atoms with E-state index in [2.05, 4.69) is 19.2 Å². The van der Waals surface area contributed by atoms with E-state index in [1.54, 1.807) is 6.92 Å². The number of ether oxygens (including phenoxy) is 3. The van der Waals surface area contributed by atoms with Gasteiger partial charge < -0.3 is 24.6 Å². The van der Waals surface area contributed by atoms with Crippen LogP contribution in [0.25, 0.3) is 0 Å². The Morgan fingerprint density at radius 2 is 2.00 bits per heavy atom. The van der Waals surface area contributed by atoms with Crippen LogP contribution in [0, 0.1) is 23.7 Å². The lowest BCUT2D eigenvalue weighted by molar-refractivity contribution is -0.143. The predicted octanol–water partition coefficient (Wildman–Crippen LogP) is 2.86. The second-order valence-electron chi connectivity index (χ2n) is 10.9. The molecule has 0 radical (unpaired) electrons. The van der Waals surface area contributed by atoms with Gasteiger partial charge in [-0.25, -0.2) is 0 Å². The van der Waals surface area contributed by atoms with Crippen LogP contribution in [-0.2, 0) is 35.0 Å². The van der Waals surface area contributed by atoms with Crippen LogP contribution in [0.3, 0.4) is 0 Å². The molecular weight excluding hydrogens is 474 g/mol. The highest BCUT2D eigenvalue weighted by atomic mass is 16.6. The van der Waals surface area contributed by atoms with Gasteiger partial charge in [-0.15, -0.1) is 0 Å². The minimum atomic E-state index is -1.46. The molecule has 1 saturated carbocycles. The molecule has 8 heteroatoms. The summed E-state index contributed by atoms with van der Waals surface area (Å²) < 4.78 is 16.9. The zero-order chi connectivity index (χ0) is 27.2. The molecule has 1 aromatic carbocycles. The highest BCUT2D eigenvalue weighted by molar-refractivity contribution is 5.88. The van der Waals surface area contributed by atoms with Crippen molar-refractivity contribution in [3.8, 4) is 0 Å². The number of nitrogens with one attached hydrogen (secondary N) is 1. The molecule has 0 aromatic heterocycles. The number of aliphatic hydroxyl groups is 1. The fourth-order valence-corrected chi connectivity index (χ4v) is 5.96. The third kappa shape index (κ3) is 6.48. The molecule has 37 heavy (non-hydrogen) atoms. The standard InChI is InChI=1S/C29H41NO7/c1-19(26(33)28(3,34)14-15-35-5)10-9-13-22-25(36-18-32)24(20(2)29(4)27(22)37-29)23(30-17-31)16-21-11-7-6-8-12-21/h6-9,11-13,17-20,22-25,27,34H,10,14-16H2,1-5H3,(H,30,31)/b13-9+. The number of carbonyl (C=O) groups is 3. The van der Waals surface area contributed by atoms with Crippen molar-refractivity contribution in [1.82, 2.24) is 5.32 Å². The van der Waals surface area contributed by atoms with Crippen LogP contribution >= 0.6 is 0 Å². The first-order valence-corrected chi connectivity index (χ1v) is 13.0. The Morgan fingerprint density at radius 3 is 2.62 bits per heavy atom. The first-order chi connectivity index (χ1) is 17.6. The second-order valence-corrected chi connectivity index (χ2v) is 10.9. The SMILES string of the molecule is COCCC(C)(O)C(=O)C(C)C/C=C/C1C(OC=O)C(C(Cc2ccccc2)NC=O)C(C)C2(C)OC12. The van der Waals surface area contributed by atoms with Crippen molar-refractivity contribution >= 4 is 18.7 Å². The first-order valence-electron chi connectivity index (χ1n) is 13.0. The van der Waals surface area contributed by atoms with Gasteiger partial charge in [0.25, 0.3) is 6.47 Å². The maximum absolute atomic E-state index is 12.8. The van der Waals surface area contributed by atoms with Gasteiger partial charge in [0.2, 0.25) is 6.41 Å². The van der Waals surface area contributed by atoms with Crippen LogP contribution in [0.4, 0.5) is 0 Å². The zero-order valence-corrected chi connectivity index (χ0v) is 22.5. The quantitative estimate of drug-likeness (QED) is 0.210. The molecule has 1 amide bonds. The maximum atomic E-state index is 12.8. The van der Waals surface area contributed by atoms with Crippen molar-refractivity contribution in [2.75, 3.05) is 13.7 Å². The van der Waals surface area contributed by atoms with Crippen molar-refractivity contribution < 1.29 is 33.7 Å². The molecule has 204 valence electrons. The Hall–Kier alpha value is -2.55. The van der Waals surface area contributed by atoms with Gasteiger partial charge in [0.1, 0.15) is 11.7 Å². The van der Waals surface area contributed by atoms with Crippen LogP contribution in [0.5, 0.6) is 0 Å². The lowest BCUT2D eigenvalue weighted by Gasteiger charge is -2.44. The number of Topliss-reactive ketones (excluding diaryl/α,β-unsaturated/α-hetero) is 1. The Balaban J connectivity index is 1.81. The lowest BCUT2D eigenvalue weighted by Crippen LogP contribution is -2.56. The fraction of sp³-hybridized carbons (Fsp3) is 0.621. The number of carbonyl (C=O) groups excluding carboxylic acids is 3. The molecule has 8 nitrogen and oxygen atoms in total. The molecule has 3 rings (SSSR count). The number of hydrogen-bond donors (Lipinski definition) is 2. The molecule has 0 spiro atoms. The number of hydrogen-bond acceptors (Lipinski definition) is 7. The van der Waals surface area contributed by atoms with Gasteiger partial charge in [-0.3, -0.25) is 14.4 Å². The van der Waals surface area contributed by atoms with Gasteiger partial charge in [0, 0.05) is 43.9 Å². The van der Waals surface area contributed by atoms with Gasteiger partial charge in [-0.1, -0.05) is 56.3 Å². The topological polar surface area (TPSA) is 114 Å². The van der Waals surface area contributed by atoms with Crippen LogP contribution in [0.2, 0.25) is 0 Å². The van der Waals surface area contributed by atoms with Crippen molar-refractivity contribution in [1.29, 1.82) is 0 Å². The Morgan fingerprint density at radius 1 is 1.30 bits per heavy atom. The molecule has 0 bridgehead atoms. The number of epoxide rings is 1. The molecule has 1 saturated heterocycles. The number of rotatable bonds is 15. The van der Waals surface area contributed by atoms with E-state index in [4.69, 9.17) is 14.2 Å². The molecule has 1 aromatic rings. The van der Waals surface area contributed by atoms with Gasteiger partial charge in [0.15, 0.2) is 5.78 Å². The summed E-state index contributed by atoms with van der Waals surface area (Å²) in [7, 11) is 1.53. The van der Waals surface area contributed by atoms with E-state index in [0.717, 1.165) is 5.56 Å². The van der Waals surface area contributed by atoms with E-state index >= 15 is 0 Å². The number of ketones is 1. The monoisotopic (exact) mass is 515 g/mol. The van der Waals surface area contributed by atoms with E-state index in [9.17, 15) is 19.5 Å². The van der Waals surface area contributed by atoms with E-state index < -0.39 is 23.2 Å². The van der Waals surface area contributed by atoms with Crippen LogP contribution in [0.1, 0.15) is 46.1 Å². The number of amides is 1. The normalized spacial score (nSPS) is 32.0. The predicted molar refractivity (Wildman–Crippen MR) is 139 cm³/mol. The molecule has 2 aliphatic rings. The van der Waals surface area contributed by atoms with Crippen molar-refractivity contribution in [2.24, 2.45) is 23.7 Å². The number of benzene rings is 1. The van der Waals surface area contributed by atoms with Crippen molar-refractivity contribution in [3.05, 3.63) is 48.0 Å². The van der Waals surface area contributed by atoms with Crippen molar-refractivity contribution in [2.45, 2.75) is 76.4 Å². The summed E-state index contributed by atoms with van der Waals surface area (Å²) >= 11 is 0. The molecule has 2 N–H and O–H groups in total. The third-order valence-electron chi connectivity index (χ3n) is 8.36. The number of allylic oxidation sites excluding steroid dienone is 1. The van der Waals surface area contributed by atoms with Gasteiger partial charge >= 0.3 is 0 Å². The minimum absolute atomic E-state index is 0.0182. The Kier molecular flexibility index (Phi) is 9.67. The fourth-order valence-electron chi connectivity index (χ4n) is 5.96. The first kappa shape index (κ1) is 29.0. The molecule has 1 aliphatic heterocycles. The summed E-state index contributed by atoms with van der Waals surface area (Å²) in [5, 5.41) is 13.5. The molecule has 9 atom stereocenters. The van der Waals surface area contributed by atoms with Gasteiger partial charge in [-0.05, 0) is 38.2 Å². The average Bonchev–Trinajstić information content (AvgIpc) is 3.58. The molecule has 1 heterocycles. The molecule has 2 fully saturated rings. The highest BCUT2D eigenvalue weighted by Crippen LogP contribution is 2.57. The largest absolute Gasteiger partial charge is 0.463 e. The Labute approximate surface area is 219 Å². The molecule has 9 unspecified atom stereocenters. The average molecular weight is 516 g/mol. The van der Waals surface area contributed by atoms with Crippen LogP contribution in [0.15, 0.2) is 42.5 Å². The Bertz CT molecular complexity index is 949. The van der Waals surface area contributed by atoms with Crippen LogP contribution in [-0.4, -0.2) is 66.9 Å². The van der Waals surface area contributed by atoms with E-state index in [-0.39, 0.29) is 42.1 Å². The van der Waals surface area contributed by atoms with Crippen molar-refractivity contribution in [3.63, 3.8) is 0 Å². The summed E-state index contributed by atoms with van der Waals surface area (Å²) in [6, 6.07) is 9.61. The maximum Gasteiger partial charge on any atom is 0.293 e. The van der Waals surface area contributed by atoms with E-state index in [0.29, 0.717) is 32.3 Å². The summed E-state index contributed by atoms with van der Waals surface area (Å²) in [5.74, 6) is -1.05. The number of fused-ring (bicyclic) bond motifs is 1. The molecule has 1 aliphatic carbocycles. The summed E-state index contributed by atoms with van der Waals surface area (Å²) in [6.07, 6.45) is 5.18. The number of methoxy groups -OCH3 is 1. The van der Waals surface area contributed by atoms with E-state index in [1.165, 1.54) is 14.0 Å². The summed E-state index contributed by atoms with van der Waals surface area (Å²) in [5.41, 5.74) is -0.795.